The number of ether oxygens (including phenoxy) is 1. The second kappa shape index (κ2) is 10.5. The topological polar surface area (TPSA) is 78.9 Å². The summed E-state index contributed by atoms with van der Waals surface area (Å²) in [4.78, 5) is 27.3. The number of fused-ring (bicyclic) bond motifs is 1. The van der Waals surface area contributed by atoms with Crippen LogP contribution in [0.25, 0.3) is 0 Å². The molecule has 1 aliphatic heterocycles. The number of halogens is 1. The monoisotopic (exact) mass is 500 g/mol. The third kappa shape index (κ3) is 5.51. The van der Waals surface area contributed by atoms with Gasteiger partial charge in [-0.3, -0.25) is 14.9 Å². The molecule has 2 aromatic carbocycles. The lowest BCUT2D eigenvalue weighted by molar-refractivity contribution is -0.140. The van der Waals surface area contributed by atoms with Crippen molar-refractivity contribution < 1.29 is 19.4 Å². The van der Waals surface area contributed by atoms with Crippen LogP contribution in [-0.4, -0.2) is 35.7 Å². The molecule has 2 atom stereocenters. The largest absolute Gasteiger partial charge is 0.489 e. The highest BCUT2D eigenvalue weighted by Gasteiger charge is 2.35. The van der Waals surface area contributed by atoms with Gasteiger partial charge in [0.2, 0.25) is 5.91 Å². The summed E-state index contributed by atoms with van der Waals surface area (Å²) in [5, 5.41) is 13.0. The third-order valence-electron chi connectivity index (χ3n) is 6.37. The van der Waals surface area contributed by atoms with Crippen LogP contribution < -0.4 is 15.0 Å². The molecule has 1 aliphatic carbocycles. The van der Waals surface area contributed by atoms with E-state index in [1.54, 1.807) is 4.90 Å². The Hall–Kier alpha value is -2.38. The summed E-state index contributed by atoms with van der Waals surface area (Å²) >= 11 is 3.45. The highest BCUT2D eigenvalue weighted by Crippen LogP contribution is 2.33. The molecule has 0 radical (unpaired) electrons. The zero-order valence-corrected chi connectivity index (χ0v) is 19.6. The lowest BCUT2D eigenvalue weighted by Gasteiger charge is -2.29. The van der Waals surface area contributed by atoms with Crippen molar-refractivity contribution in [1.29, 1.82) is 0 Å². The molecule has 2 aliphatic rings. The van der Waals surface area contributed by atoms with E-state index in [-0.39, 0.29) is 12.5 Å². The molecule has 1 saturated carbocycles. The molecule has 2 N–H and O–H groups in total. The molecule has 0 spiro atoms. The summed E-state index contributed by atoms with van der Waals surface area (Å²) in [6, 6.07) is 13.8. The van der Waals surface area contributed by atoms with Crippen molar-refractivity contribution in [2.45, 2.75) is 57.2 Å². The second-order valence-electron chi connectivity index (χ2n) is 8.68. The fourth-order valence-electron chi connectivity index (χ4n) is 4.65. The predicted molar refractivity (Wildman–Crippen MR) is 127 cm³/mol. The predicted octanol–water partition coefficient (Wildman–Crippen LogP) is 4.76. The number of aliphatic carboxylic acids is 1. The molecule has 0 saturated heterocycles. The van der Waals surface area contributed by atoms with Gasteiger partial charge in [-0.25, -0.2) is 0 Å². The summed E-state index contributed by atoms with van der Waals surface area (Å²) in [7, 11) is 0. The lowest BCUT2D eigenvalue weighted by Crippen LogP contribution is -2.54. The Bertz CT molecular complexity index is 943. The number of carboxylic acids is 1. The highest BCUT2D eigenvalue weighted by atomic mass is 79.9. The molecule has 0 bridgehead atoms. The minimum atomic E-state index is -0.912. The van der Waals surface area contributed by atoms with Crippen molar-refractivity contribution >= 4 is 33.5 Å². The second-order valence-corrected chi connectivity index (χ2v) is 9.60. The van der Waals surface area contributed by atoms with E-state index in [1.807, 2.05) is 48.5 Å². The molecular formula is C25H29BrN2O4. The number of hydrogen-bond acceptors (Lipinski definition) is 4. The van der Waals surface area contributed by atoms with Crippen molar-refractivity contribution in [2.24, 2.45) is 5.92 Å². The normalized spacial score (nSPS) is 20.2. The van der Waals surface area contributed by atoms with Crippen LogP contribution in [0, 0.1) is 5.92 Å². The maximum absolute atomic E-state index is 13.6. The molecule has 32 heavy (non-hydrogen) atoms. The Kier molecular flexibility index (Phi) is 7.48. The summed E-state index contributed by atoms with van der Waals surface area (Å²) in [5.41, 5.74) is 1.68. The fraction of sp³-hybridized carbons (Fsp3) is 0.440. The molecule has 1 heterocycles. The maximum atomic E-state index is 13.6. The van der Waals surface area contributed by atoms with Crippen LogP contribution in [0.4, 0.5) is 5.69 Å². The van der Waals surface area contributed by atoms with Gasteiger partial charge in [0, 0.05) is 4.47 Å². The summed E-state index contributed by atoms with van der Waals surface area (Å²) in [6.45, 7) is 0.478. The number of carbonyl (C=O) groups excluding carboxylic acids is 1. The standard InChI is InChI=1S/C25H29BrN2O4/c26-19-12-10-18(11-13-19)15-28-22-8-4-5-9-23(22)32-16-21(24(28)29)27-20(25(30)31)14-17-6-2-1-3-7-17/h4-5,8-13,17,20-21,27H,1-3,6-7,14-16H2,(H,30,31)/t20-,21-/m0/s1. The first-order valence-corrected chi connectivity index (χ1v) is 12.1. The number of carboxylic acid groups (broad SMARTS) is 1. The van der Waals surface area contributed by atoms with Gasteiger partial charge in [-0.1, -0.05) is 72.3 Å². The van der Waals surface area contributed by atoms with Crippen LogP contribution in [0.5, 0.6) is 5.75 Å². The number of benzene rings is 2. The molecule has 1 amide bonds. The molecule has 4 rings (SSSR count). The SMILES string of the molecule is O=C(O)[C@H](CC1CCCCC1)N[C@H]1COc2ccccc2N(Cc2ccc(Br)cc2)C1=O. The number of anilines is 1. The number of nitrogens with zero attached hydrogens (tertiary/aromatic N) is 1. The van der Waals surface area contributed by atoms with E-state index >= 15 is 0 Å². The molecular weight excluding hydrogens is 472 g/mol. The molecule has 2 aromatic rings. The summed E-state index contributed by atoms with van der Waals surface area (Å²) in [5.74, 6) is -0.0750. The first-order valence-electron chi connectivity index (χ1n) is 11.3. The van der Waals surface area contributed by atoms with Gasteiger partial charge < -0.3 is 14.7 Å². The molecule has 1 fully saturated rings. The Morgan fingerprint density at radius 3 is 2.56 bits per heavy atom. The molecule has 0 unspecified atom stereocenters. The molecule has 0 aromatic heterocycles. The van der Waals surface area contributed by atoms with Gasteiger partial charge in [0.25, 0.3) is 0 Å². The van der Waals surface area contributed by atoms with Gasteiger partial charge in [-0.2, -0.15) is 0 Å². The van der Waals surface area contributed by atoms with Gasteiger partial charge >= 0.3 is 5.97 Å². The van der Waals surface area contributed by atoms with E-state index in [0.29, 0.717) is 30.3 Å². The average molecular weight is 501 g/mol. The van der Waals surface area contributed by atoms with Crippen LogP contribution in [0.1, 0.15) is 44.1 Å². The zero-order chi connectivity index (χ0) is 22.5. The van der Waals surface area contributed by atoms with Crippen LogP contribution in [0.15, 0.2) is 53.0 Å². The highest BCUT2D eigenvalue weighted by molar-refractivity contribution is 9.10. The number of rotatable bonds is 7. The first kappa shape index (κ1) is 22.8. The third-order valence-corrected chi connectivity index (χ3v) is 6.90. The molecule has 7 heteroatoms. The summed E-state index contributed by atoms with van der Waals surface area (Å²) in [6.07, 6.45) is 6.18. The van der Waals surface area contributed by atoms with E-state index in [4.69, 9.17) is 4.74 Å². The Morgan fingerprint density at radius 2 is 1.84 bits per heavy atom. The molecule has 170 valence electrons. The van der Waals surface area contributed by atoms with Crippen LogP contribution in [0.2, 0.25) is 0 Å². The van der Waals surface area contributed by atoms with E-state index in [2.05, 4.69) is 21.2 Å². The maximum Gasteiger partial charge on any atom is 0.320 e. The Morgan fingerprint density at radius 1 is 1.12 bits per heavy atom. The van der Waals surface area contributed by atoms with E-state index < -0.39 is 18.1 Å². The summed E-state index contributed by atoms with van der Waals surface area (Å²) < 4.78 is 6.93. The zero-order valence-electron chi connectivity index (χ0n) is 18.0. The number of amides is 1. The molecule has 6 nitrogen and oxygen atoms in total. The number of para-hydroxylation sites is 2. The lowest BCUT2D eigenvalue weighted by atomic mass is 9.84. The van der Waals surface area contributed by atoms with E-state index in [9.17, 15) is 14.7 Å². The van der Waals surface area contributed by atoms with Crippen molar-refractivity contribution in [3.63, 3.8) is 0 Å². The fourth-order valence-corrected chi connectivity index (χ4v) is 4.91. The van der Waals surface area contributed by atoms with Gasteiger partial charge in [-0.15, -0.1) is 0 Å². The van der Waals surface area contributed by atoms with Gasteiger partial charge in [0.05, 0.1) is 12.2 Å². The quantitative estimate of drug-likeness (QED) is 0.572. The average Bonchev–Trinajstić information content (AvgIpc) is 2.93. The van der Waals surface area contributed by atoms with Crippen LogP contribution in [-0.2, 0) is 16.1 Å². The van der Waals surface area contributed by atoms with Gasteiger partial charge in [0.15, 0.2) is 0 Å². The van der Waals surface area contributed by atoms with Crippen LogP contribution >= 0.6 is 15.9 Å². The smallest absolute Gasteiger partial charge is 0.320 e. The van der Waals surface area contributed by atoms with Crippen molar-refractivity contribution in [3.05, 3.63) is 58.6 Å². The minimum Gasteiger partial charge on any atom is -0.489 e. The van der Waals surface area contributed by atoms with E-state index in [0.717, 1.165) is 35.7 Å². The van der Waals surface area contributed by atoms with Crippen LogP contribution in [0.3, 0.4) is 0 Å². The van der Waals surface area contributed by atoms with Gasteiger partial charge in [-0.05, 0) is 42.2 Å². The number of carbonyl (C=O) groups is 2. The minimum absolute atomic E-state index is 0.0983. The Labute approximate surface area is 197 Å². The number of nitrogens with one attached hydrogen (secondary N) is 1. The van der Waals surface area contributed by atoms with Crippen molar-refractivity contribution in [3.8, 4) is 5.75 Å². The van der Waals surface area contributed by atoms with E-state index in [1.165, 1.54) is 6.42 Å². The van der Waals surface area contributed by atoms with Crippen molar-refractivity contribution in [2.75, 3.05) is 11.5 Å². The van der Waals surface area contributed by atoms with Gasteiger partial charge in [0.1, 0.15) is 24.4 Å². The first-order chi connectivity index (χ1) is 15.5. The number of hydrogen-bond donors (Lipinski definition) is 2. The van der Waals surface area contributed by atoms with Crippen molar-refractivity contribution in [1.82, 2.24) is 5.32 Å². The Balaban J connectivity index is 1.55.